The van der Waals surface area contributed by atoms with E-state index in [0.29, 0.717) is 6.54 Å². The maximum absolute atomic E-state index is 13.6. The quantitative estimate of drug-likeness (QED) is 0.426. The second kappa shape index (κ2) is 8.27. The molecule has 2 N–H and O–H groups in total. The average Bonchev–Trinajstić information content (AvgIpc) is 2.84. The number of anilines is 1. The van der Waals surface area contributed by atoms with Crippen LogP contribution in [0.5, 0.6) is 0 Å². The minimum Gasteiger partial charge on any atom is -0.378 e. The number of fused-ring (bicyclic) bond motifs is 1. The predicted octanol–water partition coefficient (Wildman–Crippen LogP) is 5.81. The van der Waals surface area contributed by atoms with Crippen molar-refractivity contribution in [3.63, 3.8) is 0 Å². The largest absolute Gasteiger partial charge is 0.378 e. The molecule has 3 heterocycles. The molecule has 5 heteroatoms. The normalized spacial score (nSPS) is 17.6. The van der Waals surface area contributed by atoms with Gasteiger partial charge in [0.05, 0.1) is 5.54 Å². The molecule has 1 atom stereocenters. The van der Waals surface area contributed by atoms with Crippen molar-refractivity contribution in [2.45, 2.75) is 12.5 Å². The maximum Gasteiger partial charge on any atom is 0.134 e. The number of aromatic nitrogens is 2. The second-order valence-electron chi connectivity index (χ2n) is 8.09. The molecule has 0 amide bonds. The zero-order chi connectivity index (χ0) is 22.0. The van der Waals surface area contributed by atoms with Crippen LogP contribution < -0.4 is 10.6 Å². The van der Waals surface area contributed by atoms with E-state index >= 15 is 0 Å². The molecule has 1 unspecified atom stereocenters. The highest BCUT2D eigenvalue weighted by Crippen LogP contribution is 2.29. The Morgan fingerprint density at radius 3 is 2.59 bits per heavy atom. The van der Waals surface area contributed by atoms with Gasteiger partial charge in [-0.05, 0) is 71.0 Å². The maximum atomic E-state index is 13.6. The van der Waals surface area contributed by atoms with Crippen LogP contribution in [0.4, 0.5) is 10.2 Å². The Hall–Kier alpha value is -3.99. The molecule has 1 aliphatic heterocycles. The van der Waals surface area contributed by atoms with Crippen LogP contribution in [0.1, 0.15) is 12.5 Å². The van der Waals surface area contributed by atoms with Crippen molar-refractivity contribution in [3.05, 3.63) is 115 Å². The van der Waals surface area contributed by atoms with Gasteiger partial charge in [-0.3, -0.25) is 4.98 Å². The summed E-state index contributed by atoms with van der Waals surface area (Å²) >= 11 is 0. The van der Waals surface area contributed by atoms with Gasteiger partial charge in [0.1, 0.15) is 11.6 Å². The lowest BCUT2D eigenvalue weighted by Crippen LogP contribution is -2.36. The molecule has 2 aromatic heterocycles. The van der Waals surface area contributed by atoms with E-state index in [9.17, 15) is 4.39 Å². The van der Waals surface area contributed by atoms with Crippen LogP contribution in [0.25, 0.3) is 21.9 Å². The van der Waals surface area contributed by atoms with Crippen molar-refractivity contribution in [1.29, 1.82) is 0 Å². The SMILES string of the molecule is CC1(c2ccncc2)C=CC(CNc2nccc3cc(-c4cccc(F)c4)ccc23)=CN1. The van der Waals surface area contributed by atoms with E-state index in [-0.39, 0.29) is 11.4 Å². The zero-order valence-corrected chi connectivity index (χ0v) is 17.7. The van der Waals surface area contributed by atoms with E-state index in [4.69, 9.17) is 0 Å². The number of nitrogens with zero attached hydrogens (tertiary/aromatic N) is 2. The molecule has 0 spiro atoms. The number of rotatable bonds is 5. The molecule has 5 rings (SSSR count). The third kappa shape index (κ3) is 3.97. The lowest BCUT2D eigenvalue weighted by molar-refractivity contribution is 0.519. The van der Waals surface area contributed by atoms with E-state index in [1.807, 2.05) is 55.0 Å². The first kappa shape index (κ1) is 19.9. The van der Waals surface area contributed by atoms with Crippen LogP contribution in [0.3, 0.4) is 0 Å². The number of pyridine rings is 2. The van der Waals surface area contributed by atoms with Gasteiger partial charge in [0.15, 0.2) is 0 Å². The highest BCUT2D eigenvalue weighted by Gasteiger charge is 2.24. The van der Waals surface area contributed by atoms with Crippen molar-refractivity contribution in [2.24, 2.45) is 0 Å². The first-order valence-electron chi connectivity index (χ1n) is 10.6. The summed E-state index contributed by atoms with van der Waals surface area (Å²) in [5.74, 6) is 0.590. The Kier molecular flexibility index (Phi) is 5.15. The molecule has 0 radical (unpaired) electrons. The lowest BCUT2D eigenvalue weighted by atomic mass is 9.90. The van der Waals surface area contributed by atoms with Gasteiger partial charge in [0, 0.05) is 36.7 Å². The number of hydrogen-bond donors (Lipinski definition) is 2. The fraction of sp³-hybridized carbons (Fsp3) is 0.111. The van der Waals surface area contributed by atoms with Crippen molar-refractivity contribution >= 4 is 16.6 Å². The molecule has 1 aliphatic rings. The van der Waals surface area contributed by atoms with Gasteiger partial charge in [-0.15, -0.1) is 0 Å². The molecule has 32 heavy (non-hydrogen) atoms. The molecule has 0 saturated heterocycles. The first-order valence-corrected chi connectivity index (χ1v) is 10.6. The van der Waals surface area contributed by atoms with Gasteiger partial charge in [0.2, 0.25) is 0 Å². The Balaban J connectivity index is 1.32. The number of halogens is 1. The smallest absolute Gasteiger partial charge is 0.134 e. The number of nitrogens with one attached hydrogen (secondary N) is 2. The third-order valence-corrected chi connectivity index (χ3v) is 5.85. The topological polar surface area (TPSA) is 49.8 Å². The highest BCUT2D eigenvalue weighted by atomic mass is 19.1. The van der Waals surface area contributed by atoms with E-state index in [2.05, 4.69) is 45.7 Å². The van der Waals surface area contributed by atoms with Crippen molar-refractivity contribution in [3.8, 4) is 11.1 Å². The first-order chi connectivity index (χ1) is 15.6. The fourth-order valence-electron chi connectivity index (χ4n) is 3.95. The fourth-order valence-corrected chi connectivity index (χ4v) is 3.95. The Bertz CT molecular complexity index is 1330. The third-order valence-electron chi connectivity index (χ3n) is 5.85. The summed E-state index contributed by atoms with van der Waals surface area (Å²) in [6, 6.07) is 18.8. The molecule has 0 aliphatic carbocycles. The van der Waals surface area contributed by atoms with Crippen LogP contribution in [0.15, 0.2) is 103 Å². The van der Waals surface area contributed by atoms with Gasteiger partial charge < -0.3 is 10.6 Å². The summed E-state index contributed by atoms with van der Waals surface area (Å²) in [6.45, 7) is 2.79. The highest BCUT2D eigenvalue weighted by molar-refractivity contribution is 5.94. The summed E-state index contributed by atoms with van der Waals surface area (Å²) in [5, 5.41) is 9.04. The molecule has 4 nitrogen and oxygen atoms in total. The van der Waals surface area contributed by atoms with Gasteiger partial charge in [0.25, 0.3) is 0 Å². The van der Waals surface area contributed by atoms with E-state index in [1.165, 1.54) is 6.07 Å². The van der Waals surface area contributed by atoms with E-state index < -0.39 is 0 Å². The van der Waals surface area contributed by atoms with Gasteiger partial charge in [-0.1, -0.05) is 36.4 Å². The molecule has 0 saturated carbocycles. The average molecular weight is 423 g/mol. The van der Waals surface area contributed by atoms with Crippen LogP contribution >= 0.6 is 0 Å². The summed E-state index contributed by atoms with van der Waals surface area (Å²) in [7, 11) is 0. The zero-order valence-electron chi connectivity index (χ0n) is 17.7. The number of hydrogen-bond acceptors (Lipinski definition) is 4. The van der Waals surface area contributed by atoms with Crippen molar-refractivity contribution in [1.82, 2.24) is 15.3 Å². The molecule has 0 bridgehead atoms. The van der Waals surface area contributed by atoms with Gasteiger partial charge >= 0.3 is 0 Å². The molecular formula is C27H23FN4. The summed E-state index contributed by atoms with van der Waals surface area (Å²) < 4.78 is 13.6. The molecule has 0 fully saturated rings. The molecule has 2 aromatic carbocycles. The van der Waals surface area contributed by atoms with Crippen LogP contribution in [0, 0.1) is 5.82 Å². The van der Waals surface area contributed by atoms with Crippen LogP contribution in [-0.2, 0) is 5.54 Å². The standard InChI is InChI=1S/C27H23FN4/c1-27(23-9-12-29-13-10-23)11-7-19(18-32-27)17-31-26-25-6-5-21(15-22(25)8-14-30-26)20-3-2-4-24(28)16-20/h2-16,18,32H,17H2,1H3,(H,30,31). The van der Waals surface area contributed by atoms with Gasteiger partial charge in [-0.2, -0.15) is 0 Å². The summed E-state index contributed by atoms with van der Waals surface area (Å²) in [4.78, 5) is 8.63. The molecule has 158 valence electrons. The summed E-state index contributed by atoms with van der Waals surface area (Å²) in [5.41, 5.74) is 3.88. The number of benzene rings is 2. The minimum absolute atomic E-state index is 0.234. The van der Waals surface area contributed by atoms with E-state index in [1.54, 1.807) is 18.3 Å². The molecule has 4 aromatic rings. The second-order valence-corrected chi connectivity index (χ2v) is 8.09. The van der Waals surface area contributed by atoms with Crippen molar-refractivity contribution in [2.75, 3.05) is 11.9 Å². The molecular weight excluding hydrogens is 399 g/mol. The lowest BCUT2D eigenvalue weighted by Gasteiger charge is -2.30. The Morgan fingerprint density at radius 1 is 0.969 bits per heavy atom. The van der Waals surface area contributed by atoms with E-state index in [0.717, 1.165) is 38.9 Å². The van der Waals surface area contributed by atoms with Gasteiger partial charge in [-0.25, -0.2) is 9.37 Å². The minimum atomic E-state index is -0.253. The Morgan fingerprint density at radius 2 is 1.81 bits per heavy atom. The Labute approximate surface area is 186 Å². The van der Waals surface area contributed by atoms with Crippen LogP contribution in [-0.4, -0.2) is 16.5 Å². The van der Waals surface area contributed by atoms with Crippen LogP contribution in [0.2, 0.25) is 0 Å². The number of dihydropyridines is 1. The predicted molar refractivity (Wildman–Crippen MR) is 128 cm³/mol. The summed E-state index contributed by atoms with van der Waals surface area (Å²) in [6.07, 6.45) is 11.8. The van der Waals surface area contributed by atoms with Crippen molar-refractivity contribution < 1.29 is 4.39 Å². The monoisotopic (exact) mass is 422 g/mol.